The van der Waals surface area contributed by atoms with Crippen molar-refractivity contribution in [3.8, 4) is 11.6 Å². The van der Waals surface area contributed by atoms with Crippen LogP contribution in [0.1, 0.15) is 23.2 Å². The maximum Gasteiger partial charge on any atom is 0.254 e. The molecule has 0 unspecified atom stereocenters. The summed E-state index contributed by atoms with van der Waals surface area (Å²) >= 11 is 0. The molecule has 0 radical (unpaired) electrons. The molecule has 3 heterocycles. The first-order valence-corrected chi connectivity index (χ1v) is 8.29. The quantitative estimate of drug-likeness (QED) is 0.913. The van der Waals surface area contributed by atoms with Gasteiger partial charge in [-0.25, -0.2) is 4.98 Å². The van der Waals surface area contributed by atoms with E-state index in [4.69, 9.17) is 9.47 Å². The monoisotopic (exact) mass is 341 g/mol. The zero-order valence-corrected chi connectivity index (χ0v) is 13.7. The summed E-state index contributed by atoms with van der Waals surface area (Å²) in [5.41, 5.74) is 0.135. The predicted octanol–water partition coefficient (Wildman–Crippen LogP) is 1.63. The number of carbonyl (C=O) groups excluding carboxylic acids is 1. The molecule has 2 aromatic rings. The Kier molecular flexibility index (Phi) is 4.01. The molecule has 1 atom stereocenters. The van der Waals surface area contributed by atoms with E-state index in [1.807, 2.05) is 0 Å². The van der Waals surface area contributed by atoms with E-state index in [0.29, 0.717) is 37.6 Å². The third-order valence-corrected chi connectivity index (χ3v) is 4.61. The van der Waals surface area contributed by atoms with Crippen molar-refractivity contribution in [1.82, 2.24) is 14.9 Å². The Labute approximate surface area is 145 Å². The summed E-state index contributed by atoms with van der Waals surface area (Å²) in [7, 11) is 0. The molecule has 2 saturated heterocycles. The van der Waals surface area contributed by atoms with Crippen LogP contribution < -0.4 is 4.74 Å². The summed E-state index contributed by atoms with van der Waals surface area (Å²) in [5, 5.41) is 9.53. The molecular weight excluding hydrogens is 322 g/mol. The lowest BCUT2D eigenvalue weighted by Crippen LogP contribution is -2.67. The third-order valence-electron chi connectivity index (χ3n) is 4.61. The molecule has 25 heavy (non-hydrogen) atoms. The first-order valence-electron chi connectivity index (χ1n) is 8.29. The minimum atomic E-state index is -0.350. The maximum atomic E-state index is 12.5. The fraction of sp³-hybridized carbons (Fsp3) is 0.389. The highest BCUT2D eigenvalue weighted by atomic mass is 16.5. The highest BCUT2D eigenvalue weighted by Crippen LogP contribution is 2.36. The average molecular weight is 341 g/mol. The van der Waals surface area contributed by atoms with E-state index >= 15 is 0 Å². The first-order chi connectivity index (χ1) is 12.1. The molecule has 1 aromatic heterocycles. The molecule has 1 amide bonds. The predicted molar refractivity (Wildman–Crippen MR) is 88.4 cm³/mol. The second-order valence-corrected chi connectivity index (χ2v) is 6.52. The molecule has 7 heteroatoms. The lowest BCUT2D eigenvalue weighted by Gasteiger charge is -2.52. The number of phenolic OH excluding ortho intramolecular Hbond substituents is 1. The molecule has 2 fully saturated rings. The zero-order valence-electron chi connectivity index (χ0n) is 13.7. The fourth-order valence-electron chi connectivity index (χ4n) is 3.44. The molecular formula is C18H19N3O4. The molecule has 0 saturated carbocycles. The number of rotatable bonds is 3. The van der Waals surface area contributed by atoms with Gasteiger partial charge in [0.05, 0.1) is 25.9 Å². The highest BCUT2D eigenvalue weighted by Gasteiger charge is 2.50. The van der Waals surface area contributed by atoms with E-state index in [2.05, 4.69) is 9.97 Å². The number of hydrogen-bond donors (Lipinski definition) is 1. The molecule has 1 spiro atoms. The second kappa shape index (κ2) is 6.33. The molecule has 1 aromatic carbocycles. The molecule has 7 nitrogen and oxygen atoms in total. The molecule has 2 aliphatic rings. The van der Waals surface area contributed by atoms with Crippen LogP contribution in [0.25, 0.3) is 0 Å². The Balaban J connectivity index is 1.37. The van der Waals surface area contributed by atoms with Crippen LogP contribution in [0.15, 0.2) is 42.9 Å². The van der Waals surface area contributed by atoms with Gasteiger partial charge in [-0.3, -0.25) is 9.78 Å². The topological polar surface area (TPSA) is 84.8 Å². The van der Waals surface area contributed by atoms with Crippen molar-refractivity contribution in [3.63, 3.8) is 0 Å². The molecule has 4 rings (SSSR count). The van der Waals surface area contributed by atoms with Gasteiger partial charge in [0.15, 0.2) is 0 Å². The van der Waals surface area contributed by atoms with Gasteiger partial charge in [0, 0.05) is 30.8 Å². The van der Waals surface area contributed by atoms with Crippen LogP contribution >= 0.6 is 0 Å². The highest BCUT2D eigenvalue weighted by molar-refractivity contribution is 5.95. The van der Waals surface area contributed by atoms with Gasteiger partial charge in [-0.1, -0.05) is 6.07 Å². The summed E-state index contributed by atoms with van der Waals surface area (Å²) < 4.78 is 11.8. The molecule has 130 valence electrons. The van der Waals surface area contributed by atoms with Crippen LogP contribution in [0.4, 0.5) is 0 Å². The smallest absolute Gasteiger partial charge is 0.254 e. The minimum Gasteiger partial charge on any atom is -0.508 e. The standard InChI is InChI=1S/C18H19N3O4/c22-14-3-1-2-13(8-14)17(23)21-11-18(12-21)9-15(4-7-24-18)25-16-10-19-5-6-20-16/h1-3,5-6,8,10,15,22H,4,7,9,11-12H2/t15-/m1/s1. The van der Waals surface area contributed by atoms with E-state index in [1.54, 1.807) is 41.7 Å². The Morgan fingerprint density at radius 1 is 1.36 bits per heavy atom. The van der Waals surface area contributed by atoms with Crippen LogP contribution in [0.5, 0.6) is 11.6 Å². The SMILES string of the molecule is O=C(c1cccc(O)c1)N1CC2(C[C@H](Oc3cnccn3)CCO2)C1. The van der Waals surface area contributed by atoms with Gasteiger partial charge in [-0.2, -0.15) is 0 Å². The largest absolute Gasteiger partial charge is 0.508 e. The van der Waals surface area contributed by atoms with Crippen molar-refractivity contribution in [2.24, 2.45) is 0 Å². The van der Waals surface area contributed by atoms with Crippen LogP contribution in [-0.4, -0.2) is 57.3 Å². The number of amides is 1. The first kappa shape index (κ1) is 15.8. The van der Waals surface area contributed by atoms with Gasteiger partial charge in [0.1, 0.15) is 17.5 Å². The number of aromatic nitrogens is 2. The number of hydrogen-bond acceptors (Lipinski definition) is 6. The summed E-state index contributed by atoms with van der Waals surface area (Å²) in [6.07, 6.45) is 6.31. The average Bonchev–Trinajstić information content (AvgIpc) is 2.60. The van der Waals surface area contributed by atoms with Crippen LogP contribution in [0.2, 0.25) is 0 Å². The number of nitrogens with zero attached hydrogens (tertiary/aromatic N) is 3. The summed E-state index contributed by atoms with van der Waals surface area (Å²) in [5.74, 6) is 0.506. The van der Waals surface area contributed by atoms with E-state index in [1.165, 1.54) is 6.07 Å². The van der Waals surface area contributed by atoms with E-state index in [-0.39, 0.29) is 23.4 Å². The fourth-order valence-corrected chi connectivity index (χ4v) is 3.44. The summed E-state index contributed by atoms with van der Waals surface area (Å²) in [6, 6.07) is 6.40. The van der Waals surface area contributed by atoms with Crippen LogP contribution in [0, 0.1) is 0 Å². The molecule has 0 aliphatic carbocycles. The Hall–Kier alpha value is -2.67. The number of likely N-dealkylation sites (tertiary alicyclic amines) is 1. The van der Waals surface area contributed by atoms with Gasteiger partial charge < -0.3 is 19.5 Å². The lowest BCUT2D eigenvalue weighted by atomic mass is 9.84. The number of ether oxygens (including phenoxy) is 2. The normalized spacial score (nSPS) is 21.6. The molecule has 2 aliphatic heterocycles. The minimum absolute atomic E-state index is 0.00321. The van der Waals surface area contributed by atoms with Crippen molar-refractivity contribution < 1.29 is 19.4 Å². The van der Waals surface area contributed by atoms with E-state index < -0.39 is 0 Å². The van der Waals surface area contributed by atoms with Gasteiger partial charge >= 0.3 is 0 Å². The Morgan fingerprint density at radius 3 is 3.00 bits per heavy atom. The van der Waals surface area contributed by atoms with Gasteiger partial charge in [0.25, 0.3) is 5.91 Å². The van der Waals surface area contributed by atoms with Crippen molar-refractivity contribution in [2.75, 3.05) is 19.7 Å². The number of phenols is 1. The number of benzene rings is 1. The summed E-state index contributed by atoms with van der Waals surface area (Å²) in [6.45, 7) is 1.66. The van der Waals surface area contributed by atoms with E-state index in [0.717, 1.165) is 6.42 Å². The molecule has 1 N–H and O–H groups in total. The van der Waals surface area contributed by atoms with Gasteiger partial charge in [-0.15, -0.1) is 0 Å². The second-order valence-electron chi connectivity index (χ2n) is 6.52. The number of aromatic hydroxyl groups is 1. The van der Waals surface area contributed by atoms with Gasteiger partial charge in [0.2, 0.25) is 5.88 Å². The van der Waals surface area contributed by atoms with Crippen molar-refractivity contribution >= 4 is 5.91 Å². The Bertz CT molecular complexity index is 762. The third kappa shape index (κ3) is 3.28. The maximum absolute atomic E-state index is 12.5. The van der Waals surface area contributed by atoms with Gasteiger partial charge in [-0.05, 0) is 18.2 Å². The van der Waals surface area contributed by atoms with Crippen molar-refractivity contribution in [3.05, 3.63) is 48.4 Å². The van der Waals surface area contributed by atoms with Crippen LogP contribution in [0.3, 0.4) is 0 Å². The van der Waals surface area contributed by atoms with Crippen LogP contribution in [-0.2, 0) is 4.74 Å². The summed E-state index contributed by atoms with van der Waals surface area (Å²) in [4.78, 5) is 22.4. The molecule has 0 bridgehead atoms. The Morgan fingerprint density at radius 2 is 2.24 bits per heavy atom. The van der Waals surface area contributed by atoms with Crippen molar-refractivity contribution in [1.29, 1.82) is 0 Å². The zero-order chi connectivity index (χ0) is 17.3. The number of carbonyl (C=O) groups is 1. The van der Waals surface area contributed by atoms with Crippen molar-refractivity contribution in [2.45, 2.75) is 24.5 Å². The lowest BCUT2D eigenvalue weighted by molar-refractivity contribution is -0.174. The van der Waals surface area contributed by atoms with E-state index in [9.17, 15) is 9.90 Å².